The average Bonchev–Trinajstić information content (AvgIpc) is 2.89. The second-order valence-corrected chi connectivity index (χ2v) is 10.0. The first-order valence-corrected chi connectivity index (χ1v) is 12.8. The Hall–Kier alpha value is -3.16. The number of rotatable bonds is 9. The number of fused-ring (bicyclic) bond motifs is 2. The lowest BCUT2D eigenvalue weighted by atomic mass is 10.0. The van der Waals surface area contributed by atoms with Crippen LogP contribution in [0, 0.1) is 0 Å². The van der Waals surface area contributed by atoms with Gasteiger partial charge in [-0.15, -0.1) is 0 Å². The number of allylic oxidation sites excluding steroid dienone is 1. The smallest absolute Gasteiger partial charge is 0.318 e. The molecular formula is C28H32ClN5O2. The molecule has 1 aromatic heterocycles. The fraction of sp³-hybridized carbons (Fsp3) is 0.393. The summed E-state index contributed by atoms with van der Waals surface area (Å²) in [6.45, 7) is 7.25. The number of hydrogen-bond donors (Lipinski definition) is 0. The Kier molecular flexibility index (Phi) is 7.12. The van der Waals surface area contributed by atoms with Crippen molar-refractivity contribution in [2.45, 2.75) is 31.8 Å². The molecule has 0 saturated carbocycles. The van der Waals surface area contributed by atoms with Gasteiger partial charge in [0.1, 0.15) is 12.4 Å². The average molecular weight is 506 g/mol. The minimum atomic E-state index is 0.0216. The molecule has 188 valence electrons. The van der Waals surface area contributed by atoms with E-state index in [-0.39, 0.29) is 5.78 Å². The third kappa shape index (κ3) is 4.90. The number of anilines is 2. The highest BCUT2D eigenvalue weighted by Crippen LogP contribution is 2.36. The van der Waals surface area contributed by atoms with Gasteiger partial charge in [0.05, 0.1) is 17.3 Å². The van der Waals surface area contributed by atoms with E-state index in [4.69, 9.17) is 26.3 Å². The largest absolute Gasteiger partial charge is 0.462 e. The van der Waals surface area contributed by atoms with Crippen LogP contribution in [0.1, 0.15) is 24.1 Å². The van der Waals surface area contributed by atoms with Crippen molar-refractivity contribution in [1.82, 2.24) is 14.9 Å². The maximum Gasteiger partial charge on any atom is 0.318 e. The summed E-state index contributed by atoms with van der Waals surface area (Å²) >= 11 is 6.63. The van der Waals surface area contributed by atoms with Crippen molar-refractivity contribution in [2.24, 2.45) is 0 Å². The molecule has 0 aliphatic carbocycles. The van der Waals surface area contributed by atoms with Gasteiger partial charge in [-0.3, -0.25) is 9.69 Å². The van der Waals surface area contributed by atoms with E-state index in [0.29, 0.717) is 38.2 Å². The Labute approximate surface area is 217 Å². The normalized spacial score (nSPS) is 17.4. The summed E-state index contributed by atoms with van der Waals surface area (Å²) in [5, 5.41) is 2.93. The molecule has 8 heteroatoms. The van der Waals surface area contributed by atoms with Gasteiger partial charge in [-0.05, 0) is 50.0 Å². The summed E-state index contributed by atoms with van der Waals surface area (Å²) < 4.78 is 6.10. The molecule has 1 atom stereocenters. The monoisotopic (exact) mass is 505 g/mol. The van der Waals surface area contributed by atoms with E-state index in [9.17, 15) is 4.79 Å². The van der Waals surface area contributed by atoms with Gasteiger partial charge in [-0.1, -0.05) is 42.4 Å². The summed E-state index contributed by atoms with van der Waals surface area (Å²) in [6, 6.07) is 13.1. The third-order valence-corrected chi connectivity index (χ3v) is 7.64. The van der Waals surface area contributed by atoms with Gasteiger partial charge in [0.25, 0.3) is 0 Å². The Bertz CT molecular complexity index is 1290. The van der Waals surface area contributed by atoms with Gasteiger partial charge in [0, 0.05) is 49.2 Å². The van der Waals surface area contributed by atoms with E-state index in [2.05, 4.69) is 47.7 Å². The zero-order chi connectivity index (χ0) is 25.2. The Morgan fingerprint density at radius 3 is 2.78 bits per heavy atom. The van der Waals surface area contributed by atoms with Crippen LogP contribution in [-0.2, 0) is 17.8 Å². The van der Waals surface area contributed by atoms with Crippen molar-refractivity contribution < 1.29 is 9.53 Å². The number of benzene rings is 2. The van der Waals surface area contributed by atoms with Crippen molar-refractivity contribution in [3.05, 3.63) is 65.3 Å². The summed E-state index contributed by atoms with van der Waals surface area (Å²) in [5.41, 5.74) is 3.17. The van der Waals surface area contributed by atoms with Crippen molar-refractivity contribution in [3.8, 4) is 6.01 Å². The molecule has 1 fully saturated rings. The topological polar surface area (TPSA) is 61.8 Å². The van der Waals surface area contributed by atoms with Gasteiger partial charge < -0.3 is 14.5 Å². The van der Waals surface area contributed by atoms with Crippen LogP contribution >= 0.6 is 11.6 Å². The molecule has 2 aliphatic rings. The number of ketones is 1. The van der Waals surface area contributed by atoms with E-state index in [1.165, 1.54) is 6.08 Å². The summed E-state index contributed by atoms with van der Waals surface area (Å²) in [7, 11) is 4.08. The zero-order valence-corrected chi connectivity index (χ0v) is 21.7. The molecule has 0 N–H and O–H groups in total. The van der Waals surface area contributed by atoms with E-state index >= 15 is 0 Å². The van der Waals surface area contributed by atoms with Crippen LogP contribution in [0.5, 0.6) is 6.01 Å². The first-order valence-electron chi connectivity index (χ1n) is 12.5. The van der Waals surface area contributed by atoms with Gasteiger partial charge in [0.15, 0.2) is 5.78 Å². The van der Waals surface area contributed by atoms with Crippen LogP contribution in [0.25, 0.3) is 10.8 Å². The highest BCUT2D eigenvalue weighted by Gasteiger charge is 2.28. The van der Waals surface area contributed by atoms with Crippen molar-refractivity contribution in [3.63, 3.8) is 0 Å². The third-order valence-electron chi connectivity index (χ3n) is 7.32. The van der Waals surface area contributed by atoms with Crippen LogP contribution in [0.4, 0.5) is 11.5 Å². The van der Waals surface area contributed by atoms with Gasteiger partial charge in [0.2, 0.25) is 0 Å². The molecule has 1 saturated heterocycles. The molecule has 3 aromatic rings. The number of halogens is 1. The lowest BCUT2D eigenvalue weighted by Crippen LogP contribution is -2.48. The minimum absolute atomic E-state index is 0.0216. The number of ether oxygens (including phenoxy) is 1. The van der Waals surface area contributed by atoms with Crippen LogP contribution in [0.15, 0.2) is 49.1 Å². The lowest BCUT2D eigenvalue weighted by Gasteiger charge is -2.37. The number of hydrogen-bond acceptors (Lipinski definition) is 7. The highest BCUT2D eigenvalue weighted by molar-refractivity contribution is 6.36. The molecule has 7 nitrogen and oxygen atoms in total. The first-order chi connectivity index (χ1) is 17.4. The fourth-order valence-corrected chi connectivity index (χ4v) is 5.23. The Balaban J connectivity index is 1.46. The number of carbonyl (C=O) groups is 1. The molecule has 36 heavy (non-hydrogen) atoms. The molecule has 5 rings (SSSR count). The summed E-state index contributed by atoms with van der Waals surface area (Å²) in [4.78, 5) is 28.2. The molecule has 0 amide bonds. The SMILES string of the molecule is C=CC(=O)CCN(C)c1nc(OCC2CCN2C)nc2c1CCN(c1cccc3cccc(Cl)c13)C2. The van der Waals surface area contributed by atoms with E-state index < -0.39 is 0 Å². The van der Waals surface area contributed by atoms with Crippen LogP contribution < -0.4 is 14.5 Å². The van der Waals surface area contributed by atoms with E-state index in [0.717, 1.165) is 64.5 Å². The number of likely N-dealkylation sites (tertiary alicyclic amines) is 1. The summed E-state index contributed by atoms with van der Waals surface area (Å²) in [6.07, 6.45) is 3.67. The highest BCUT2D eigenvalue weighted by atomic mass is 35.5. The van der Waals surface area contributed by atoms with E-state index in [1.807, 2.05) is 24.1 Å². The standard InChI is InChI=1S/C28H32ClN5O2/c1-4-21(35)12-15-33(3)27-22-13-16-34(25-10-6-8-19-7-5-9-23(29)26(19)25)17-24(22)30-28(31-27)36-18-20-11-14-32(20)2/h4-10,20H,1,11-18H2,2-3H3. The molecule has 2 aromatic carbocycles. The number of carbonyl (C=O) groups excluding carboxylic acids is 1. The zero-order valence-electron chi connectivity index (χ0n) is 20.9. The maximum absolute atomic E-state index is 11.9. The summed E-state index contributed by atoms with van der Waals surface area (Å²) in [5.74, 6) is 0.859. The molecule has 0 bridgehead atoms. The first kappa shape index (κ1) is 24.5. The van der Waals surface area contributed by atoms with Crippen molar-refractivity contribution >= 4 is 39.7 Å². The van der Waals surface area contributed by atoms with Crippen LogP contribution in [-0.4, -0.2) is 67.0 Å². The quantitative estimate of drug-likeness (QED) is 0.396. The minimum Gasteiger partial charge on any atom is -0.462 e. The van der Waals surface area contributed by atoms with Crippen molar-refractivity contribution in [2.75, 3.05) is 50.1 Å². The predicted molar refractivity (Wildman–Crippen MR) is 145 cm³/mol. The fourth-order valence-electron chi connectivity index (χ4n) is 4.95. The van der Waals surface area contributed by atoms with Crippen LogP contribution in [0.2, 0.25) is 5.02 Å². The predicted octanol–water partition coefficient (Wildman–Crippen LogP) is 4.51. The second kappa shape index (κ2) is 10.4. The Morgan fingerprint density at radius 2 is 2.06 bits per heavy atom. The van der Waals surface area contributed by atoms with Gasteiger partial charge >= 0.3 is 6.01 Å². The maximum atomic E-state index is 11.9. The number of nitrogens with zero attached hydrogens (tertiary/aromatic N) is 5. The molecular weight excluding hydrogens is 474 g/mol. The van der Waals surface area contributed by atoms with E-state index in [1.54, 1.807) is 0 Å². The molecule has 1 unspecified atom stereocenters. The molecule has 0 spiro atoms. The van der Waals surface area contributed by atoms with Crippen LogP contribution in [0.3, 0.4) is 0 Å². The van der Waals surface area contributed by atoms with Gasteiger partial charge in [-0.25, -0.2) is 0 Å². The number of likely N-dealkylation sites (N-methyl/N-ethyl adjacent to an activating group) is 1. The molecule has 2 aliphatic heterocycles. The molecule has 3 heterocycles. The van der Waals surface area contributed by atoms with Gasteiger partial charge in [-0.2, -0.15) is 9.97 Å². The second-order valence-electron chi connectivity index (χ2n) is 9.62. The Morgan fingerprint density at radius 1 is 1.25 bits per heavy atom. The van der Waals surface area contributed by atoms with Crippen molar-refractivity contribution in [1.29, 1.82) is 0 Å². The lowest BCUT2D eigenvalue weighted by molar-refractivity contribution is -0.114. The number of aromatic nitrogens is 2. The molecule has 0 radical (unpaired) electrons.